The average molecular weight is 273 g/mol. The number of thiophene rings is 1. The van der Waals surface area contributed by atoms with Gasteiger partial charge in [-0.05, 0) is 35.4 Å². The molecule has 0 bridgehead atoms. The third kappa shape index (κ3) is 2.27. The van der Waals surface area contributed by atoms with E-state index in [4.69, 9.17) is 5.73 Å². The van der Waals surface area contributed by atoms with Gasteiger partial charge in [0.05, 0.1) is 5.41 Å². The molecule has 100 valence electrons. The smallest absolute Gasteiger partial charge is 0.224 e. The predicted molar refractivity (Wildman–Crippen MR) is 80.2 cm³/mol. The number of fused-ring (bicyclic) bond motifs is 1. The van der Waals surface area contributed by atoms with Crippen LogP contribution in [0.5, 0.6) is 0 Å². The van der Waals surface area contributed by atoms with Gasteiger partial charge in [-0.15, -0.1) is 11.3 Å². The van der Waals surface area contributed by atoms with Crippen molar-refractivity contribution in [3.63, 3.8) is 0 Å². The Bertz CT molecular complexity index is 596. The Morgan fingerprint density at radius 3 is 2.68 bits per heavy atom. The summed E-state index contributed by atoms with van der Waals surface area (Å²) >= 11 is 1.76. The van der Waals surface area contributed by atoms with Gasteiger partial charge in [0.1, 0.15) is 0 Å². The van der Waals surface area contributed by atoms with Crippen molar-refractivity contribution >= 4 is 28.0 Å². The summed E-state index contributed by atoms with van der Waals surface area (Å²) in [6.07, 6.45) is 6.22. The molecule has 0 radical (unpaired) electrons. The molecule has 1 aliphatic carbocycles. The van der Waals surface area contributed by atoms with E-state index in [1.165, 1.54) is 22.1 Å². The molecule has 3 heteroatoms. The Labute approximate surface area is 117 Å². The topological polar surface area (TPSA) is 43.1 Å². The van der Waals surface area contributed by atoms with E-state index in [1.54, 1.807) is 11.3 Å². The van der Waals surface area contributed by atoms with E-state index in [0.29, 0.717) is 0 Å². The Kier molecular flexibility index (Phi) is 3.31. The molecule has 2 aromatic rings. The number of carbonyl (C=O) groups is 1. The lowest BCUT2D eigenvalue weighted by atomic mass is 9.71. The van der Waals surface area contributed by atoms with Crippen LogP contribution in [0.4, 0.5) is 0 Å². The number of hydrogen-bond acceptors (Lipinski definition) is 2. The second kappa shape index (κ2) is 4.97. The number of carbonyl (C=O) groups excluding carboxylic acids is 1. The summed E-state index contributed by atoms with van der Waals surface area (Å²) in [6, 6.07) is 8.41. The molecule has 1 aromatic carbocycles. The Balaban J connectivity index is 1.96. The highest BCUT2D eigenvalue weighted by Crippen LogP contribution is 2.41. The van der Waals surface area contributed by atoms with Crippen LogP contribution in [0.3, 0.4) is 0 Å². The van der Waals surface area contributed by atoms with Crippen LogP contribution in [0, 0.1) is 5.41 Å². The van der Waals surface area contributed by atoms with Crippen LogP contribution < -0.4 is 5.73 Å². The van der Waals surface area contributed by atoms with Gasteiger partial charge >= 0.3 is 0 Å². The summed E-state index contributed by atoms with van der Waals surface area (Å²) in [5, 5.41) is 4.75. The van der Waals surface area contributed by atoms with Crippen molar-refractivity contribution in [2.75, 3.05) is 0 Å². The molecule has 0 saturated heterocycles. The van der Waals surface area contributed by atoms with Crippen LogP contribution in [0.25, 0.3) is 10.8 Å². The predicted octanol–water partition coefficient (Wildman–Crippen LogP) is 3.88. The molecule has 0 aliphatic heterocycles. The molecule has 3 rings (SSSR count). The molecule has 2 nitrogen and oxygen atoms in total. The molecule has 1 fully saturated rings. The molecule has 0 atom stereocenters. The first-order chi connectivity index (χ1) is 9.21. The summed E-state index contributed by atoms with van der Waals surface area (Å²) < 4.78 is 0. The molecule has 19 heavy (non-hydrogen) atoms. The molecular weight excluding hydrogens is 254 g/mol. The summed E-state index contributed by atoms with van der Waals surface area (Å²) in [4.78, 5) is 13.3. The minimum absolute atomic E-state index is 0.107. The largest absolute Gasteiger partial charge is 0.369 e. The zero-order valence-electron chi connectivity index (χ0n) is 11.0. The molecule has 0 spiro atoms. The van der Waals surface area contributed by atoms with Crippen molar-refractivity contribution < 1.29 is 4.79 Å². The fourth-order valence-electron chi connectivity index (χ4n) is 3.23. The first-order valence-corrected chi connectivity index (χ1v) is 7.84. The van der Waals surface area contributed by atoms with Crippen LogP contribution in [-0.2, 0) is 11.2 Å². The van der Waals surface area contributed by atoms with Gasteiger partial charge in [0.2, 0.25) is 5.91 Å². The number of rotatable bonds is 3. The van der Waals surface area contributed by atoms with Crippen molar-refractivity contribution in [3.8, 4) is 0 Å². The third-order valence-electron chi connectivity index (χ3n) is 4.42. The fraction of sp³-hybridized carbons (Fsp3) is 0.438. The minimum atomic E-state index is -0.300. The maximum atomic E-state index is 12.0. The highest BCUT2D eigenvalue weighted by Gasteiger charge is 2.38. The summed E-state index contributed by atoms with van der Waals surface area (Å²) in [5.74, 6) is -0.107. The quantitative estimate of drug-likeness (QED) is 0.906. The van der Waals surface area contributed by atoms with Gasteiger partial charge in [-0.2, -0.15) is 0 Å². The van der Waals surface area contributed by atoms with Gasteiger partial charge in [0, 0.05) is 4.88 Å². The van der Waals surface area contributed by atoms with E-state index in [-0.39, 0.29) is 11.3 Å². The van der Waals surface area contributed by atoms with Crippen molar-refractivity contribution in [2.24, 2.45) is 11.1 Å². The average Bonchev–Trinajstić information content (AvgIpc) is 2.83. The van der Waals surface area contributed by atoms with Crippen LogP contribution in [-0.4, -0.2) is 5.91 Å². The number of nitrogens with two attached hydrogens (primary N) is 1. The molecule has 1 heterocycles. The van der Waals surface area contributed by atoms with Gasteiger partial charge in [0.15, 0.2) is 0 Å². The lowest BCUT2D eigenvalue weighted by Crippen LogP contribution is -2.40. The van der Waals surface area contributed by atoms with Crippen LogP contribution in [0.1, 0.15) is 37.0 Å². The number of hydrogen-bond donors (Lipinski definition) is 1. The lowest BCUT2D eigenvalue weighted by Gasteiger charge is -2.34. The third-order valence-corrected chi connectivity index (χ3v) is 5.44. The molecule has 1 amide bonds. The van der Waals surface area contributed by atoms with E-state index in [9.17, 15) is 4.79 Å². The zero-order valence-corrected chi connectivity index (χ0v) is 11.8. The van der Waals surface area contributed by atoms with Gasteiger partial charge in [-0.25, -0.2) is 0 Å². The maximum absolute atomic E-state index is 12.0. The highest BCUT2D eigenvalue weighted by molar-refractivity contribution is 7.11. The number of amides is 1. The van der Waals surface area contributed by atoms with Gasteiger partial charge in [-0.1, -0.05) is 43.5 Å². The van der Waals surface area contributed by atoms with Crippen LogP contribution in [0.2, 0.25) is 0 Å². The molecule has 1 aliphatic rings. The van der Waals surface area contributed by atoms with Crippen molar-refractivity contribution in [1.82, 2.24) is 0 Å². The number of benzene rings is 1. The number of primary amides is 1. The monoisotopic (exact) mass is 273 g/mol. The maximum Gasteiger partial charge on any atom is 0.224 e. The standard InChI is InChI=1S/C16H19NOS/c17-15(18)16(8-4-1-5-9-16)10-14-13-7-3-2-6-12(13)11-19-14/h2-3,6-7,11H,1,4-5,8-10H2,(H2,17,18). The lowest BCUT2D eigenvalue weighted by molar-refractivity contribution is -0.129. The Hall–Kier alpha value is -1.35. The van der Waals surface area contributed by atoms with Crippen molar-refractivity contribution in [3.05, 3.63) is 34.5 Å². The first kappa shape index (κ1) is 12.7. The van der Waals surface area contributed by atoms with E-state index >= 15 is 0 Å². The Morgan fingerprint density at radius 1 is 1.21 bits per heavy atom. The minimum Gasteiger partial charge on any atom is -0.369 e. The van der Waals surface area contributed by atoms with Gasteiger partial charge in [-0.3, -0.25) is 4.79 Å². The molecule has 0 unspecified atom stereocenters. The van der Waals surface area contributed by atoms with Crippen LogP contribution in [0.15, 0.2) is 29.6 Å². The van der Waals surface area contributed by atoms with Crippen molar-refractivity contribution in [2.45, 2.75) is 38.5 Å². The highest BCUT2D eigenvalue weighted by atomic mass is 32.1. The van der Waals surface area contributed by atoms with Gasteiger partial charge < -0.3 is 5.73 Å². The van der Waals surface area contributed by atoms with E-state index in [2.05, 4.69) is 29.6 Å². The second-order valence-electron chi connectivity index (χ2n) is 5.63. The summed E-state index contributed by atoms with van der Waals surface area (Å²) in [6.45, 7) is 0. The second-order valence-corrected chi connectivity index (χ2v) is 6.59. The normalized spacial score (nSPS) is 18.5. The fourth-order valence-corrected chi connectivity index (χ4v) is 4.38. The van der Waals surface area contributed by atoms with Crippen molar-refractivity contribution in [1.29, 1.82) is 0 Å². The van der Waals surface area contributed by atoms with Gasteiger partial charge in [0.25, 0.3) is 0 Å². The molecule has 1 saturated carbocycles. The van der Waals surface area contributed by atoms with E-state index in [1.807, 2.05) is 0 Å². The molecular formula is C16H19NOS. The summed E-state index contributed by atoms with van der Waals surface area (Å²) in [7, 11) is 0. The van der Waals surface area contributed by atoms with E-state index in [0.717, 1.165) is 32.1 Å². The van der Waals surface area contributed by atoms with Crippen LogP contribution >= 0.6 is 11.3 Å². The first-order valence-electron chi connectivity index (χ1n) is 6.96. The van der Waals surface area contributed by atoms with E-state index < -0.39 is 0 Å². The molecule has 1 aromatic heterocycles. The molecule has 2 N–H and O–H groups in total. The SMILES string of the molecule is NC(=O)C1(Cc2scc3ccccc23)CCCCC1. The summed E-state index contributed by atoms with van der Waals surface area (Å²) in [5.41, 5.74) is 5.43. The Morgan fingerprint density at radius 2 is 1.95 bits per heavy atom. The zero-order chi connectivity index (χ0) is 13.3.